The predicted molar refractivity (Wildman–Crippen MR) is 49.5 cm³/mol. The van der Waals surface area contributed by atoms with E-state index in [1.807, 2.05) is 12.2 Å². The predicted octanol–water partition coefficient (Wildman–Crippen LogP) is 2.75. The zero-order chi connectivity index (χ0) is 9.10. The Balaban J connectivity index is 2.40. The van der Waals surface area contributed by atoms with E-state index < -0.39 is 0 Å². The van der Waals surface area contributed by atoms with E-state index in [1.54, 1.807) is 24.3 Å². The summed E-state index contributed by atoms with van der Waals surface area (Å²) in [6.45, 7) is 0.514. The maximum atomic E-state index is 13.2. The van der Waals surface area contributed by atoms with Crippen LogP contribution in [0.2, 0.25) is 0 Å². The summed E-state index contributed by atoms with van der Waals surface area (Å²) in [7, 11) is 0. The van der Waals surface area contributed by atoms with Crippen molar-refractivity contribution in [2.45, 2.75) is 0 Å². The Kier molecular flexibility index (Phi) is 2.13. The van der Waals surface area contributed by atoms with Crippen molar-refractivity contribution >= 4 is 5.76 Å². The van der Waals surface area contributed by atoms with Crippen molar-refractivity contribution in [1.29, 1.82) is 0 Å². The third-order valence-corrected chi connectivity index (χ3v) is 1.86. The molecule has 1 aliphatic rings. The molecule has 1 nitrogen and oxygen atoms in total. The lowest BCUT2D eigenvalue weighted by atomic mass is 10.1. The van der Waals surface area contributed by atoms with Crippen LogP contribution in [0.25, 0.3) is 5.76 Å². The summed E-state index contributed by atoms with van der Waals surface area (Å²) < 4.78 is 18.5. The first-order chi connectivity index (χ1) is 6.38. The summed E-state index contributed by atoms with van der Waals surface area (Å²) in [5.74, 6) is 0.352. The molecule has 0 fully saturated rings. The van der Waals surface area contributed by atoms with Gasteiger partial charge >= 0.3 is 0 Å². The van der Waals surface area contributed by atoms with Crippen LogP contribution in [0.3, 0.4) is 0 Å². The van der Waals surface area contributed by atoms with Crippen molar-refractivity contribution in [3.63, 3.8) is 0 Å². The summed E-state index contributed by atoms with van der Waals surface area (Å²) in [5.41, 5.74) is 0.520. The second kappa shape index (κ2) is 3.44. The topological polar surface area (TPSA) is 9.23 Å². The summed E-state index contributed by atoms with van der Waals surface area (Å²) in [6.07, 6.45) is 5.51. The highest BCUT2D eigenvalue weighted by atomic mass is 19.1. The van der Waals surface area contributed by atoms with Crippen molar-refractivity contribution < 1.29 is 9.13 Å². The Hall–Kier alpha value is -1.57. The minimum atomic E-state index is -0.246. The molecule has 1 aromatic carbocycles. The molecule has 0 unspecified atom stereocenters. The van der Waals surface area contributed by atoms with E-state index in [-0.39, 0.29) is 5.82 Å². The number of rotatable bonds is 1. The third kappa shape index (κ3) is 1.61. The Labute approximate surface area is 76.2 Å². The fourth-order valence-corrected chi connectivity index (χ4v) is 1.23. The Bertz CT molecular complexity index is 366. The standard InChI is InChI=1S/C11H9FO/c12-10-6-2-1-5-9(10)11-7-3-4-8-13-11/h1-7H,8H2. The van der Waals surface area contributed by atoms with E-state index in [1.165, 1.54) is 6.07 Å². The van der Waals surface area contributed by atoms with Crippen molar-refractivity contribution in [3.05, 3.63) is 53.9 Å². The molecule has 1 heterocycles. The first-order valence-corrected chi connectivity index (χ1v) is 4.12. The van der Waals surface area contributed by atoms with E-state index in [4.69, 9.17) is 4.74 Å². The summed E-state index contributed by atoms with van der Waals surface area (Å²) in [6, 6.07) is 6.59. The Morgan fingerprint density at radius 2 is 2.08 bits per heavy atom. The molecule has 66 valence electrons. The SMILES string of the molecule is Fc1ccccc1C1=CC=CCO1. The number of hydrogen-bond acceptors (Lipinski definition) is 1. The number of halogens is 1. The lowest BCUT2D eigenvalue weighted by Gasteiger charge is -2.11. The summed E-state index contributed by atoms with van der Waals surface area (Å²) in [5, 5.41) is 0. The van der Waals surface area contributed by atoms with Crippen molar-refractivity contribution in [2.75, 3.05) is 6.61 Å². The lowest BCUT2D eigenvalue weighted by molar-refractivity contribution is 0.314. The molecule has 1 aliphatic heterocycles. The molecule has 0 saturated heterocycles. The van der Waals surface area contributed by atoms with E-state index in [9.17, 15) is 4.39 Å². The van der Waals surface area contributed by atoms with Crippen LogP contribution in [0.15, 0.2) is 42.5 Å². The first kappa shape index (κ1) is 8.05. The second-order valence-electron chi connectivity index (χ2n) is 2.75. The molecular formula is C11H9FO. The highest BCUT2D eigenvalue weighted by molar-refractivity contribution is 5.62. The number of ether oxygens (including phenoxy) is 1. The molecule has 13 heavy (non-hydrogen) atoms. The van der Waals surface area contributed by atoms with Crippen LogP contribution in [0.5, 0.6) is 0 Å². The molecule has 2 rings (SSSR count). The van der Waals surface area contributed by atoms with E-state index in [2.05, 4.69) is 0 Å². The van der Waals surface area contributed by atoms with Gasteiger partial charge in [-0.1, -0.05) is 18.2 Å². The van der Waals surface area contributed by atoms with E-state index in [0.717, 1.165) is 0 Å². The van der Waals surface area contributed by atoms with Crippen LogP contribution in [0.1, 0.15) is 5.56 Å². The molecule has 0 atom stereocenters. The average molecular weight is 176 g/mol. The Morgan fingerprint density at radius 3 is 2.77 bits per heavy atom. The van der Waals surface area contributed by atoms with Crippen LogP contribution in [-0.4, -0.2) is 6.61 Å². The molecule has 1 aromatic rings. The molecular weight excluding hydrogens is 167 g/mol. The number of allylic oxidation sites excluding steroid dienone is 2. The summed E-state index contributed by atoms with van der Waals surface area (Å²) >= 11 is 0. The van der Waals surface area contributed by atoms with Crippen LogP contribution < -0.4 is 0 Å². The molecule has 0 bridgehead atoms. The van der Waals surface area contributed by atoms with Gasteiger partial charge in [-0.15, -0.1) is 0 Å². The first-order valence-electron chi connectivity index (χ1n) is 4.12. The smallest absolute Gasteiger partial charge is 0.134 e. The zero-order valence-corrected chi connectivity index (χ0v) is 7.03. The van der Waals surface area contributed by atoms with Crippen LogP contribution in [0, 0.1) is 5.82 Å². The van der Waals surface area contributed by atoms with Gasteiger partial charge in [0.15, 0.2) is 0 Å². The van der Waals surface area contributed by atoms with Gasteiger partial charge < -0.3 is 4.74 Å². The Morgan fingerprint density at radius 1 is 1.23 bits per heavy atom. The van der Waals surface area contributed by atoms with Gasteiger partial charge in [-0.3, -0.25) is 0 Å². The number of hydrogen-bond donors (Lipinski definition) is 0. The molecule has 0 saturated carbocycles. The van der Waals surface area contributed by atoms with Crippen LogP contribution >= 0.6 is 0 Å². The lowest BCUT2D eigenvalue weighted by Crippen LogP contribution is -1.97. The van der Waals surface area contributed by atoms with Gasteiger partial charge in [-0.2, -0.15) is 0 Å². The molecule has 0 radical (unpaired) electrons. The van der Waals surface area contributed by atoms with Gasteiger partial charge in [0.1, 0.15) is 18.2 Å². The quantitative estimate of drug-likeness (QED) is 0.639. The minimum Gasteiger partial charge on any atom is -0.489 e. The molecule has 0 aliphatic carbocycles. The second-order valence-corrected chi connectivity index (χ2v) is 2.75. The highest BCUT2D eigenvalue weighted by Crippen LogP contribution is 2.20. The van der Waals surface area contributed by atoms with Crippen LogP contribution in [0.4, 0.5) is 4.39 Å². The zero-order valence-electron chi connectivity index (χ0n) is 7.03. The maximum Gasteiger partial charge on any atom is 0.134 e. The van der Waals surface area contributed by atoms with Crippen molar-refractivity contribution in [3.8, 4) is 0 Å². The van der Waals surface area contributed by atoms with Gasteiger partial charge in [0.05, 0.1) is 5.56 Å². The minimum absolute atomic E-state index is 0.246. The van der Waals surface area contributed by atoms with Crippen molar-refractivity contribution in [1.82, 2.24) is 0 Å². The molecule has 0 aromatic heterocycles. The van der Waals surface area contributed by atoms with Gasteiger partial charge in [-0.25, -0.2) is 4.39 Å². The van der Waals surface area contributed by atoms with Gasteiger partial charge in [0.2, 0.25) is 0 Å². The van der Waals surface area contributed by atoms with E-state index >= 15 is 0 Å². The fraction of sp³-hybridized carbons (Fsp3) is 0.0909. The fourth-order valence-electron chi connectivity index (χ4n) is 1.23. The third-order valence-electron chi connectivity index (χ3n) is 1.86. The van der Waals surface area contributed by atoms with Crippen molar-refractivity contribution in [2.24, 2.45) is 0 Å². The van der Waals surface area contributed by atoms with Crippen LogP contribution in [-0.2, 0) is 4.74 Å². The summed E-state index contributed by atoms with van der Waals surface area (Å²) in [4.78, 5) is 0. The monoisotopic (exact) mass is 176 g/mol. The van der Waals surface area contributed by atoms with Gasteiger partial charge in [-0.05, 0) is 24.3 Å². The molecule has 0 N–H and O–H groups in total. The molecule has 0 amide bonds. The number of benzene rings is 1. The normalized spacial score (nSPS) is 15.0. The molecule has 2 heteroatoms. The molecule has 0 spiro atoms. The van der Waals surface area contributed by atoms with Gasteiger partial charge in [0, 0.05) is 0 Å². The van der Waals surface area contributed by atoms with Gasteiger partial charge in [0.25, 0.3) is 0 Å². The van der Waals surface area contributed by atoms with E-state index in [0.29, 0.717) is 17.9 Å². The maximum absolute atomic E-state index is 13.2. The average Bonchev–Trinajstić information content (AvgIpc) is 2.20. The largest absolute Gasteiger partial charge is 0.489 e. The highest BCUT2D eigenvalue weighted by Gasteiger charge is 2.08.